The Morgan fingerprint density at radius 2 is 1.86 bits per heavy atom. The van der Waals surface area contributed by atoms with E-state index in [1.165, 1.54) is 0 Å². The lowest BCUT2D eigenvalue weighted by Gasteiger charge is -2.25. The molecule has 2 atom stereocenters. The number of hydrogen-bond donors (Lipinski definition) is 1. The number of amides is 2. The molecule has 0 fully saturated rings. The molecule has 154 valence electrons. The van der Waals surface area contributed by atoms with E-state index in [0.717, 1.165) is 11.1 Å². The van der Waals surface area contributed by atoms with Crippen molar-refractivity contribution in [2.75, 3.05) is 20.8 Å². The lowest BCUT2D eigenvalue weighted by molar-refractivity contribution is -0.122. The first kappa shape index (κ1) is 20.7. The Bertz CT molecular complexity index is 896. The highest BCUT2D eigenvalue weighted by Gasteiger charge is 2.21. The van der Waals surface area contributed by atoms with Gasteiger partial charge in [-0.25, -0.2) is 0 Å². The van der Waals surface area contributed by atoms with Crippen LogP contribution in [-0.4, -0.2) is 49.6 Å². The molecule has 2 bridgehead atoms. The number of methoxy groups -OCH3 is 1. The van der Waals surface area contributed by atoms with E-state index in [2.05, 4.69) is 5.32 Å². The minimum atomic E-state index is -0.136. The Morgan fingerprint density at radius 3 is 2.62 bits per heavy atom. The number of benzene rings is 2. The largest absolute Gasteiger partial charge is 0.497 e. The highest BCUT2D eigenvalue weighted by Crippen LogP contribution is 2.34. The molecule has 0 aliphatic carbocycles. The van der Waals surface area contributed by atoms with Gasteiger partial charge in [-0.1, -0.05) is 12.1 Å². The van der Waals surface area contributed by atoms with Gasteiger partial charge >= 0.3 is 0 Å². The number of hydrogen-bond acceptors (Lipinski definition) is 4. The third kappa shape index (κ3) is 4.88. The topological polar surface area (TPSA) is 67.9 Å². The number of carbonyl (C=O) groups excluding carboxylic acids is 2. The van der Waals surface area contributed by atoms with Crippen LogP contribution in [-0.2, 0) is 4.79 Å². The van der Waals surface area contributed by atoms with Crippen LogP contribution in [0.3, 0.4) is 0 Å². The van der Waals surface area contributed by atoms with Crippen molar-refractivity contribution in [1.29, 1.82) is 0 Å². The molecule has 0 spiro atoms. The zero-order valence-corrected chi connectivity index (χ0v) is 17.4. The van der Waals surface area contributed by atoms with Gasteiger partial charge in [-0.05, 0) is 56.2 Å². The zero-order valence-electron chi connectivity index (χ0n) is 17.4. The Morgan fingerprint density at radius 1 is 1.10 bits per heavy atom. The zero-order chi connectivity index (χ0) is 21.0. The molecular formula is C23H28N2O4. The van der Waals surface area contributed by atoms with E-state index < -0.39 is 0 Å². The summed E-state index contributed by atoms with van der Waals surface area (Å²) < 4.78 is 11.4. The van der Waals surface area contributed by atoms with Gasteiger partial charge in [0.1, 0.15) is 18.1 Å². The standard InChI is InChI=1S/C23H28N2O4/c1-15-14-29-21-10-9-19(28-4)13-20(21)17-6-5-7-18(12-17)23(27)25(3)16(2)8-11-22(26)24-15/h5-7,9-10,12-13,15-16H,8,11,14H2,1-4H3,(H,24,26)/t15-,16+/m1/s1. The maximum absolute atomic E-state index is 13.0. The Kier molecular flexibility index (Phi) is 6.42. The average Bonchev–Trinajstić information content (AvgIpc) is 2.74. The van der Waals surface area contributed by atoms with Gasteiger partial charge in [0.2, 0.25) is 5.91 Å². The van der Waals surface area contributed by atoms with E-state index in [1.807, 2.05) is 56.3 Å². The van der Waals surface area contributed by atoms with Gasteiger partial charge in [0.25, 0.3) is 5.91 Å². The molecule has 1 heterocycles. The molecule has 0 saturated heterocycles. The Labute approximate surface area is 171 Å². The normalized spacial score (nSPS) is 20.6. The van der Waals surface area contributed by atoms with Crippen molar-refractivity contribution in [3.63, 3.8) is 0 Å². The highest BCUT2D eigenvalue weighted by molar-refractivity contribution is 5.95. The van der Waals surface area contributed by atoms with Crippen LogP contribution in [0.5, 0.6) is 11.5 Å². The number of rotatable bonds is 1. The van der Waals surface area contributed by atoms with Gasteiger partial charge in [0.05, 0.1) is 13.2 Å². The molecule has 0 aromatic heterocycles. The summed E-state index contributed by atoms with van der Waals surface area (Å²) in [6.07, 6.45) is 0.954. The van der Waals surface area contributed by atoms with E-state index in [0.29, 0.717) is 36.5 Å². The van der Waals surface area contributed by atoms with Crippen molar-refractivity contribution in [2.45, 2.75) is 38.8 Å². The Balaban J connectivity index is 2.05. The first-order chi connectivity index (χ1) is 13.9. The predicted molar refractivity (Wildman–Crippen MR) is 112 cm³/mol. The predicted octanol–water partition coefficient (Wildman–Crippen LogP) is 3.50. The molecule has 29 heavy (non-hydrogen) atoms. The second-order valence-electron chi connectivity index (χ2n) is 7.53. The van der Waals surface area contributed by atoms with Crippen molar-refractivity contribution >= 4 is 11.8 Å². The minimum Gasteiger partial charge on any atom is -0.497 e. The highest BCUT2D eigenvalue weighted by atomic mass is 16.5. The molecule has 6 heteroatoms. The second-order valence-corrected chi connectivity index (χ2v) is 7.53. The smallest absolute Gasteiger partial charge is 0.253 e. The number of nitrogens with zero attached hydrogens (tertiary/aromatic N) is 1. The molecule has 1 aliphatic rings. The van der Waals surface area contributed by atoms with Crippen LogP contribution < -0.4 is 14.8 Å². The van der Waals surface area contributed by atoms with Gasteiger partial charge < -0.3 is 19.7 Å². The summed E-state index contributed by atoms with van der Waals surface area (Å²) in [7, 11) is 3.39. The number of carbonyl (C=O) groups is 2. The summed E-state index contributed by atoms with van der Waals surface area (Å²) in [6.45, 7) is 4.22. The molecule has 2 aromatic carbocycles. The lowest BCUT2D eigenvalue weighted by Crippen LogP contribution is -2.39. The van der Waals surface area contributed by atoms with Crippen LogP contribution >= 0.6 is 0 Å². The summed E-state index contributed by atoms with van der Waals surface area (Å²) in [5, 5.41) is 2.96. The average molecular weight is 396 g/mol. The van der Waals surface area contributed by atoms with E-state index in [9.17, 15) is 9.59 Å². The molecule has 3 rings (SSSR count). The molecule has 0 unspecified atom stereocenters. The van der Waals surface area contributed by atoms with E-state index in [1.54, 1.807) is 19.1 Å². The van der Waals surface area contributed by atoms with Crippen LogP contribution in [0.1, 0.15) is 37.0 Å². The first-order valence-electron chi connectivity index (χ1n) is 9.87. The third-order valence-electron chi connectivity index (χ3n) is 5.27. The van der Waals surface area contributed by atoms with E-state index >= 15 is 0 Å². The van der Waals surface area contributed by atoms with Crippen LogP contribution in [0.25, 0.3) is 11.1 Å². The van der Waals surface area contributed by atoms with Crippen LogP contribution in [0.15, 0.2) is 42.5 Å². The fourth-order valence-corrected chi connectivity index (χ4v) is 3.35. The molecular weight excluding hydrogens is 368 g/mol. The first-order valence-corrected chi connectivity index (χ1v) is 9.87. The number of fused-ring (bicyclic) bond motifs is 4. The van der Waals surface area contributed by atoms with Crippen molar-refractivity contribution in [3.8, 4) is 22.6 Å². The quantitative estimate of drug-likeness (QED) is 0.801. The summed E-state index contributed by atoms with van der Waals surface area (Å²) in [6, 6.07) is 12.9. The molecule has 2 aromatic rings. The monoisotopic (exact) mass is 396 g/mol. The van der Waals surface area contributed by atoms with E-state index in [-0.39, 0.29) is 23.9 Å². The summed E-state index contributed by atoms with van der Waals surface area (Å²) in [5.41, 5.74) is 2.30. The molecule has 6 nitrogen and oxygen atoms in total. The van der Waals surface area contributed by atoms with Crippen LogP contribution in [0.4, 0.5) is 0 Å². The maximum Gasteiger partial charge on any atom is 0.253 e. The summed E-state index contributed by atoms with van der Waals surface area (Å²) in [5.74, 6) is 1.26. The van der Waals surface area contributed by atoms with E-state index in [4.69, 9.17) is 9.47 Å². The van der Waals surface area contributed by atoms with Crippen molar-refractivity contribution in [1.82, 2.24) is 10.2 Å². The fourth-order valence-electron chi connectivity index (χ4n) is 3.35. The molecule has 0 radical (unpaired) electrons. The number of nitrogens with one attached hydrogen (secondary N) is 1. The SMILES string of the molecule is COc1ccc2c(c1)-c1cccc(c1)C(=O)N(C)[C@@H](C)CCC(=O)N[C@H](C)CO2. The van der Waals surface area contributed by atoms with Gasteiger partial charge in [-0.15, -0.1) is 0 Å². The molecule has 1 N–H and O–H groups in total. The second kappa shape index (κ2) is 8.99. The molecule has 1 aliphatic heterocycles. The minimum absolute atomic E-state index is 0.0424. The lowest BCUT2D eigenvalue weighted by atomic mass is 10.0. The van der Waals surface area contributed by atoms with Crippen LogP contribution in [0.2, 0.25) is 0 Å². The molecule has 0 saturated carbocycles. The van der Waals surface area contributed by atoms with Gasteiger partial charge in [0, 0.05) is 30.6 Å². The van der Waals surface area contributed by atoms with Crippen LogP contribution in [0, 0.1) is 0 Å². The third-order valence-corrected chi connectivity index (χ3v) is 5.27. The maximum atomic E-state index is 13.0. The van der Waals surface area contributed by atoms with Gasteiger partial charge in [-0.2, -0.15) is 0 Å². The van der Waals surface area contributed by atoms with Gasteiger partial charge in [-0.3, -0.25) is 9.59 Å². The Hall–Kier alpha value is -3.02. The number of ether oxygens (including phenoxy) is 2. The van der Waals surface area contributed by atoms with Crippen molar-refractivity contribution < 1.29 is 19.1 Å². The fraction of sp³-hybridized carbons (Fsp3) is 0.391. The van der Waals surface area contributed by atoms with Gasteiger partial charge in [0.15, 0.2) is 0 Å². The summed E-state index contributed by atoms with van der Waals surface area (Å²) in [4.78, 5) is 26.9. The summed E-state index contributed by atoms with van der Waals surface area (Å²) >= 11 is 0. The van der Waals surface area contributed by atoms with Crippen molar-refractivity contribution in [3.05, 3.63) is 48.0 Å². The van der Waals surface area contributed by atoms with Crippen molar-refractivity contribution in [2.24, 2.45) is 0 Å². The molecule has 2 amide bonds.